The number of pyridine rings is 1. The molecular weight excluding hydrogens is 307 g/mol. The van der Waals surface area contributed by atoms with Crippen molar-refractivity contribution in [3.05, 3.63) is 53.9 Å². The molecule has 0 atom stereocenters. The van der Waals surface area contributed by atoms with E-state index >= 15 is 0 Å². The molecule has 0 bridgehead atoms. The summed E-state index contributed by atoms with van der Waals surface area (Å²) < 4.78 is 37.9. The Morgan fingerprint density at radius 1 is 1.13 bits per heavy atom. The van der Waals surface area contributed by atoms with Gasteiger partial charge in [-0.05, 0) is 44.2 Å². The lowest BCUT2D eigenvalue weighted by molar-refractivity contribution is -0.137. The van der Waals surface area contributed by atoms with Gasteiger partial charge in [-0.1, -0.05) is 6.07 Å². The molecule has 0 unspecified atom stereocenters. The van der Waals surface area contributed by atoms with Crippen LogP contribution in [0.15, 0.2) is 42.6 Å². The largest absolute Gasteiger partial charge is 0.416 e. The maximum atomic E-state index is 12.6. The first-order chi connectivity index (χ1) is 10.8. The van der Waals surface area contributed by atoms with E-state index < -0.39 is 17.6 Å². The van der Waals surface area contributed by atoms with Crippen molar-refractivity contribution in [3.63, 3.8) is 0 Å². The van der Waals surface area contributed by atoms with Gasteiger partial charge in [0.25, 0.3) is 5.91 Å². The molecular formula is C16H16F3N3O. The minimum Gasteiger partial charge on any atom is -0.382 e. The first kappa shape index (κ1) is 16.8. The van der Waals surface area contributed by atoms with Crippen LogP contribution < -0.4 is 10.6 Å². The zero-order valence-electron chi connectivity index (χ0n) is 12.6. The summed E-state index contributed by atoms with van der Waals surface area (Å²) >= 11 is 0. The first-order valence-electron chi connectivity index (χ1n) is 6.97. The fourth-order valence-electron chi connectivity index (χ4n) is 1.92. The van der Waals surface area contributed by atoms with Crippen molar-refractivity contribution in [1.82, 2.24) is 4.98 Å². The number of aromatic nitrogens is 1. The van der Waals surface area contributed by atoms with Gasteiger partial charge in [0.05, 0.1) is 17.4 Å². The van der Waals surface area contributed by atoms with Crippen molar-refractivity contribution < 1.29 is 18.0 Å². The molecule has 4 nitrogen and oxygen atoms in total. The van der Waals surface area contributed by atoms with Gasteiger partial charge in [-0.2, -0.15) is 13.2 Å². The summed E-state index contributed by atoms with van der Waals surface area (Å²) in [5, 5.41) is 5.53. The van der Waals surface area contributed by atoms with Gasteiger partial charge in [0.2, 0.25) is 0 Å². The first-order valence-corrected chi connectivity index (χ1v) is 6.97. The zero-order valence-corrected chi connectivity index (χ0v) is 12.6. The van der Waals surface area contributed by atoms with E-state index in [2.05, 4.69) is 15.6 Å². The molecule has 0 spiro atoms. The molecule has 0 aliphatic carbocycles. The zero-order chi connectivity index (χ0) is 17.0. The number of carbonyl (C=O) groups excluding carboxylic acids is 1. The lowest BCUT2D eigenvalue weighted by atomic mass is 10.2. The summed E-state index contributed by atoms with van der Waals surface area (Å²) in [4.78, 5) is 16.0. The average molecular weight is 323 g/mol. The molecule has 0 saturated carbocycles. The molecule has 1 aromatic heterocycles. The molecule has 7 heteroatoms. The SMILES string of the molecule is CC(C)Nc1ccc(C(=O)Nc2cccc(C(F)(F)F)c2)nc1. The number of halogens is 3. The summed E-state index contributed by atoms with van der Waals surface area (Å²) in [6.07, 6.45) is -2.95. The van der Waals surface area contributed by atoms with E-state index in [1.54, 1.807) is 6.07 Å². The molecule has 2 N–H and O–H groups in total. The van der Waals surface area contributed by atoms with Crippen LogP contribution in [0.25, 0.3) is 0 Å². The Balaban J connectivity index is 2.10. The van der Waals surface area contributed by atoms with E-state index in [1.807, 2.05) is 13.8 Å². The summed E-state index contributed by atoms with van der Waals surface area (Å²) in [5.41, 5.74) is 0.128. The minimum atomic E-state index is -4.46. The fourth-order valence-corrected chi connectivity index (χ4v) is 1.92. The van der Waals surface area contributed by atoms with Gasteiger partial charge in [-0.15, -0.1) is 0 Å². The van der Waals surface area contributed by atoms with Gasteiger partial charge in [-0.3, -0.25) is 4.79 Å². The maximum Gasteiger partial charge on any atom is 0.416 e. The van der Waals surface area contributed by atoms with Crippen LogP contribution in [0.5, 0.6) is 0 Å². The second-order valence-electron chi connectivity index (χ2n) is 5.26. The number of nitrogens with zero attached hydrogens (tertiary/aromatic N) is 1. The predicted molar refractivity (Wildman–Crippen MR) is 82.4 cm³/mol. The number of carbonyl (C=O) groups is 1. The van der Waals surface area contributed by atoms with E-state index in [-0.39, 0.29) is 17.4 Å². The number of benzene rings is 1. The molecule has 0 radical (unpaired) electrons. The number of nitrogens with one attached hydrogen (secondary N) is 2. The molecule has 122 valence electrons. The Morgan fingerprint density at radius 2 is 1.87 bits per heavy atom. The summed E-state index contributed by atoms with van der Waals surface area (Å²) in [7, 11) is 0. The molecule has 2 aromatic rings. The van der Waals surface area contributed by atoms with Crippen molar-refractivity contribution in [2.24, 2.45) is 0 Å². The van der Waals surface area contributed by atoms with Crippen LogP contribution in [-0.4, -0.2) is 16.9 Å². The Hall–Kier alpha value is -2.57. The number of hydrogen-bond acceptors (Lipinski definition) is 3. The van der Waals surface area contributed by atoms with Crippen LogP contribution >= 0.6 is 0 Å². The van der Waals surface area contributed by atoms with Gasteiger partial charge in [0.15, 0.2) is 0 Å². The standard InChI is InChI=1S/C16H16F3N3O/c1-10(2)21-13-6-7-14(20-9-13)15(23)22-12-5-3-4-11(8-12)16(17,18)19/h3-10,21H,1-2H3,(H,22,23). The third-order valence-electron chi connectivity index (χ3n) is 2.90. The highest BCUT2D eigenvalue weighted by Gasteiger charge is 2.30. The highest BCUT2D eigenvalue weighted by Crippen LogP contribution is 2.30. The molecule has 0 aliphatic heterocycles. The number of hydrogen-bond donors (Lipinski definition) is 2. The summed E-state index contributed by atoms with van der Waals surface area (Å²) in [6.45, 7) is 3.93. The van der Waals surface area contributed by atoms with Gasteiger partial charge >= 0.3 is 6.18 Å². The Kier molecular flexibility index (Phi) is 4.88. The monoisotopic (exact) mass is 323 g/mol. The molecule has 1 aromatic carbocycles. The van der Waals surface area contributed by atoms with E-state index in [9.17, 15) is 18.0 Å². The van der Waals surface area contributed by atoms with Crippen molar-refractivity contribution >= 4 is 17.3 Å². The minimum absolute atomic E-state index is 0.0657. The van der Waals surface area contributed by atoms with Crippen LogP contribution in [0.4, 0.5) is 24.5 Å². The Bertz CT molecular complexity index is 682. The van der Waals surface area contributed by atoms with Crippen LogP contribution in [0, 0.1) is 0 Å². The van der Waals surface area contributed by atoms with Crippen molar-refractivity contribution in [1.29, 1.82) is 0 Å². The van der Waals surface area contributed by atoms with Gasteiger partial charge < -0.3 is 10.6 Å². The fraction of sp³-hybridized carbons (Fsp3) is 0.250. The van der Waals surface area contributed by atoms with E-state index in [4.69, 9.17) is 0 Å². The van der Waals surface area contributed by atoms with E-state index in [0.29, 0.717) is 0 Å². The van der Waals surface area contributed by atoms with Crippen molar-refractivity contribution in [3.8, 4) is 0 Å². The number of alkyl halides is 3. The van der Waals surface area contributed by atoms with Crippen LogP contribution in [0.2, 0.25) is 0 Å². The third kappa shape index (κ3) is 4.70. The lowest BCUT2D eigenvalue weighted by Crippen LogP contribution is -2.15. The Morgan fingerprint density at radius 3 is 2.43 bits per heavy atom. The number of anilines is 2. The van der Waals surface area contributed by atoms with Crippen molar-refractivity contribution in [2.45, 2.75) is 26.1 Å². The molecule has 0 aliphatic rings. The molecule has 0 saturated heterocycles. The highest BCUT2D eigenvalue weighted by atomic mass is 19.4. The number of rotatable bonds is 4. The second-order valence-corrected chi connectivity index (χ2v) is 5.26. The molecule has 0 fully saturated rings. The molecule has 23 heavy (non-hydrogen) atoms. The van der Waals surface area contributed by atoms with Gasteiger partial charge in [0.1, 0.15) is 5.69 Å². The van der Waals surface area contributed by atoms with E-state index in [1.165, 1.54) is 24.4 Å². The summed E-state index contributed by atoms with van der Waals surface area (Å²) in [5.74, 6) is -0.569. The topological polar surface area (TPSA) is 54.0 Å². The number of amides is 1. The van der Waals surface area contributed by atoms with Gasteiger partial charge in [0, 0.05) is 11.7 Å². The summed E-state index contributed by atoms with van der Waals surface area (Å²) in [6, 6.07) is 7.87. The average Bonchev–Trinajstić information content (AvgIpc) is 2.46. The van der Waals surface area contributed by atoms with Gasteiger partial charge in [-0.25, -0.2) is 4.98 Å². The molecule has 1 heterocycles. The molecule has 2 rings (SSSR count). The van der Waals surface area contributed by atoms with E-state index in [0.717, 1.165) is 17.8 Å². The molecule has 1 amide bonds. The Labute approximate surface area is 131 Å². The predicted octanol–water partition coefficient (Wildman–Crippen LogP) is 4.17. The highest BCUT2D eigenvalue weighted by molar-refractivity contribution is 6.03. The van der Waals surface area contributed by atoms with Crippen LogP contribution in [0.3, 0.4) is 0 Å². The normalized spacial score (nSPS) is 11.4. The van der Waals surface area contributed by atoms with Crippen LogP contribution in [0.1, 0.15) is 29.9 Å². The second kappa shape index (κ2) is 6.68. The maximum absolute atomic E-state index is 12.6. The smallest absolute Gasteiger partial charge is 0.382 e. The quantitative estimate of drug-likeness (QED) is 0.888. The van der Waals surface area contributed by atoms with Crippen molar-refractivity contribution in [2.75, 3.05) is 10.6 Å². The third-order valence-corrected chi connectivity index (χ3v) is 2.90. The lowest BCUT2D eigenvalue weighted by Gasteiger charge is -2.11. The van der Waals surface area contributed by atoms with Crippen LogP contribution in [-0.2, 0) is 6.18 Å².